The molecular formula is C24H28FN5O3. The minimum atomic E-state index is -0.732. The molecule has 1 aliphatic rings. The van der Waals surface area contributed by atoms with Crippen molar-refractivity contribution in [1.29, 1.82) is 0 Å². The maximum atomic E-state index is 13.2. The van der Waals surface area contributed by atoms with Crippen molar-refractivity contribution in [3.05, 3.63) is 76.6 Å². The quantitative estimate of drug-likeness (QED) is 0.507. The van der Waals surface area contributed by atoms with E-state index in [1.165, 1.54) is 23.4 Å². The molecule has 3 aromatic rings. The van der Waals surface area contributed by atoms with Gasteiger partial charge in [0.05, 0.1) is 11.8 Å². The molecule has 9 heteroatoms. The summed E-state index contributed by atoms with van der Waals surface area (Å²) in [5.74, 6) is -0.275. The molecule has 0 fully saturated rings. The molecule has 3 heterocycles. The van der Waals surface area contributed by atoms with Gasteiger partial charge in [-0.05, 0) is 48.2 Å². The summed E-state index contributed by atoms with van der Waals surface area (Å²) in [5, 5.41) is 17.2. The fraction of sp³-hybridized carbons (Fsp3) is 0.375. The minimum Gasteiger partial charge on any atom is -0.487 e. The second-order valence-corrected chi connectivity index (χ2v) is 8.28. The van der Waals surface area contributed by atoms with Gasteiger partial charge < -0.3 is 15.2 Å². The van der Waals surface area contributed by atoms with Crippen LogP contribution in [-0.4, -0.2) is 56.4 Å². The lowest BCUT2D eigenvalue weighted by molar-refractivity contribution is 0.0841. The van der Waals surface area contributed by atoms with E-state index in [1.807, 2.05) is 19.2 Å². The van der Waals surface area contributed by atoms with Crippen LogP contribution in [0.4, 0.5) is 4.39 Å². The number of carbonyl (C=O) groups is 1. The first-order chi connectivity index (χ1) is 15.9. The van der Waals surface area contributed by atoms with Crippen LogP contribution in [0.1, 0.15) is 32.7 Å². The predicted octanol–water partition coefficient (Wildman–Crippen LogP) is 1.99. The Bertz CT molecular complexity index is 1130. The number of fused-ring (bicyclic) bond motifs is 1. The lowest BCUT2D eigenvalue weighted by atomic mass is 9.94. The van der Waals surface area contributed by atoms with Crippen LogP contribution >= 0.6 is 0 Å². The van der Waals surface area contributed by atoms with Gasteiger partial charge in [-0.25, -0.2) is 4.98 Å². The van der Waals surface area contributed by atoms with Crippen molar-refractivity contribution in [2.24, 2.45) is 7.05 Å². The molecule has 8 nitrogen and oxygen atoms in total. The molecule has 4 rings (SSSR count). The first kappa shape index (κ1) is 22.9. The Morgan fingerprint density at radius 3 is 2.91 bits per heavy atom. The summed E-state index contributed by atoms with van der Waals surface area (Å²) in [7, 11) is 1.89. The Balaban J connectivity index is 1.30. The van der Waals surface area contributed by atoms with Gasteiger partial charge in [-0.1, -0.05) is 6.07 Å². The molecule has 0 saturated heterocycles. The van der Waals surface area contributed by atoms with E-state index in [4.69, 9.17) is 4.74 Å². The first-order valence-corrected chi connectivity index (χ1v) is 10.9. The second kappa shape index (κ2) is 10.1. The molecule has 33 heavy (non-hydrogen) atoms. The first-order valence-electron chi connectivity index (χ1n) is 10.9. The van der Waals surface area contributed by atoms with Gasteiger partial charge in [-0.2, -0.15) is 9.49 Å². The molecule has 1 unspecified atom stereocenters. The third-order valence-electron chi connectivity index (χ3n) is 5.97. The number of amides is 1. The number of β-amino-alcohol motifs (C(OH)–C–C–N with tert-alkyl or cyclic N) is 1. The smallest absolute Gasteiger partial charge is 0.251 e. The number of aryl methyl sites for hydroxylation is 1. The van der Waals surface area contributed by atoms with E-state index in [1.54, 1.807) is 10.9 Å². The van der Waals surface area contributed by atoms with Crippen molar-refractivity contribution in [2.75, 3.05) is 19.6 Å². The van der Waals surface area contributed by atoms with Crippen molar-refractivity contribution in [3.63, 3.8) is 0 Å². The van der Waals surface area contributed by atoms with Crippen molar-refractivity contribution < 1.29 is 19.0 Å². The van der Waals surface area contributed by atoms with Gasteiger partial charge in [0.1, 0.15) is 12.4 Å². The van der Waals surface area contributed by atoms with E-state index in [-0.39, 0.29) is 12.1 Å². The van der Waals surface area contributed by atoms with Crippen LogP contribution in [0.15, 0.2) is 42.7 Å². The summed E-state index contributed by atoms with van der Waals surface area (Å²) in [6.07, 6.45) is 3.12. The number of nitrogens with zero attached hydrogens (tertiary/aromatic N) is 4. The zero-order chi connectivity index (χ0) is 23.4. The SMILES string of the molecule is Cc1c(OCc2ccnn2C)ccc2c1CCN(CC(O)CNC(=O)c1ccnc(F)c1)C2. The maximum Gasteiger partial charge on any atom is 0.251 e. The monoisotopic (exact) mass is 453 g/mol. The van der Waals surface area contributed by atoms with E-state index >= 15 is 0 Å². The number of carbonyl (C=O) groups excluding carboxylic acids is 1. The maximum absolute atomic E-state index is 13.2. The molecule has 2 N–H and O–H groups in total. The van der Waals surface area contributed by atoms with Crippen LogP contribution in [0.2, 0.25) is 0 Å². The number of rotatable bonds is 8. The number of aliphatic hydroxyl groups is 1. The molecule has 1 aromatic carbocycles. The van der Waals surface area contributed by atoms with Crippen molar-refractivity contribution in [1.82, 2.24) is 25.0 Å². The third-order valence-corrected chi connectivity index (χ3v) is 5.97. The number of benzene rings is 1. The fourth-order valence-corrected chi connectivity index (χ4v) is 4.10. The van der Waals surface area contributed by atoms with E-state index in [0.717, 1.165) is 42.6 Å². The standard InChI is InChI=1S/C24H28FN5O3/c1-16-21-7-10-30(14-20(31)12-27-24(32)17-5-8-26-23(25)11-17)13-18(21)3-4-22(16)33-15-19-6-9-28-29(19)2/h3-6,8-9,11,20,31H,7,10,12-15H2,1-2H3,(H,27,32). The average molecular weight is 454 g/mol. The normalized spacial score (nSPS) is 14.5. The van der Waals surface area contributed by atoms with Crippen molar-refractivity contribution >= 4 is 5.91 Å². The highest BCUT2D eigenvalue weighted by molar-refractivity contribution is 5.94. The van der Waals surface area contributed by atoms with Crippen LogP contribution in [-0.2, 0) is 26.6 Å². The van der Waals surface area contributed by atoms with E-state index in [2.05, 4.69) is 33.3 Å². The summed E-state index contributed by atoms with van der Waals surface area (Å²) in [6.45, 7) is 4.60. The van der Waals surface area contributed by atoms with Crippen molar-refractivity contribution in [2.45, 2.75) is 32.6 Å². The van der Waals surface area contributed by atoms with Crippen molar-refractivity contribution in [3.8, 4) is 5.75 Å². The number of nitrogens with one attached hydrogen (secondary N) is 1. The molecule has 1 atom stereocenters. The van der Waals surface area contributed by atoms with Gasteiger partial charge in [0.25, 0.3) is 5.91 Å². The Morgan fingerprint density at radius 1 is 1.30 bits per heavy atom. The molecule has 2 aromatic heterocycles. The molecule has 174 valence electrons. The number of hydrogen-bond acceptors (Lipinski definition) is 6. The summed E-state index contributed by atoms with van der Waals surface area (Å²) in [5.41, 5.74) is 4.84. The molecule has 0 bridgehead atoms. The fourth-order valence-electron chi connectivity index (χ4n) is 4.10. The highest BCUT2D eigenvalue weighted by Gasteiger charge is 2.22. The van der Waals surface area contributed by atoms with Gasteiger partial charge in [-0.15, -0.1) is 0 Å². The van der Waals surface area contributed by atoms with E-state index in [9.17, 15) is 14.3 Å². The third kappa shape index (κ3) is 5.55. The van der Waals surface area contributed by atoms with Crippen LogP contribution in [0.5, 0.6) is 5.75 Å². The Kier molecular flexibility index (Phi) is 7.00. The summed E-state index contributed by atoms with van der Waals surface area (Å²) >= 11 is 0. The molecule has 0 spiro atoms. The molecular weight excluding hydrogens is 425 g/mol. The number of hydrogen-bond donors (Lipinski definition) is 2. The number of ether oxygens (including phenoxy) is 1. The highest BCUT2D eigenvalue weighted by atomic mass is 19.1. The topological polar surface area (TPSA) is 92.5 Å². The second-order valence-electron chi connectivity index (χ2n) is 8.28. The largest absolute Gasteiger partial charge is 0.487 e. The molecule has 1 amide bonds. The van der Waals surface area contributed by atoms with Crippen LogP contribution in [0.25, 0.3) is 0 Å². The van der Waals surface area contributed by atoms with E-state index < -0.39 is 18.0 Å². The molecule has 1 aliphatic heterocycles. The zero-order valence-electron chi connectivity index (χ0n) is 18.8. The Morgan fingerprint density at radius 2 is 2.15 bits per heavy atom. The lowest BCUT2D eigenvalue weighted by Gasteiger charge is -2.31. The van der Waals surface area contributed by atoms with Gasteiger partial charge in [-0.3, -0.25) is 14.4 Å². The number of pyridine rings is 1. The summed E-state index contributed by atoms with van der Waals surface area (Å²) in [4.78, 5) is 17.7. The Labute approximate surface area is 192 Å². The van der Waals surface area contributed by atoms with Crippen LogP contribution in [0.3, 0.4) is 0 Å². The van der Waals surface area contributed by atoms with E-state index in [0.29, 0.717) is 13.2 Å². The predicted molar refractivity (Wildman–Crippen MR) is 120 cm³/mol. The summed E-state index contributed by atoms with van der Waals surface area (Å²) < 4.78 is 21.0. The average Bonchev–Trinajstić information content (AvgIpc) is 3.21. The minimum absolute atomic E-state index is 0.0892. The summed E-state index contributed by atoms with van der Waals surface area (Å²) in [6, 6.07) is 8.52. The van der Waals surface area contributed by atoms with Gasteiger partial charge >= 0.3 is 0 Å². The Hall–Kier alpha value is -3.30. The van der Waals surface area contributed by atoms with Crippen LogP contribution in [0, 0.1) is 12.9 Å². The zero-order valence-corrected chi connectivity index (χ0v) is 18.8. The van der Waals surface area contributed by atoms with Gasteiger partial charge in [0, 0.05) is 57.3 Å². The lowest BCUT2D eigenvalue weighted by Crippen LogP contribution is -2.42. The number of halogens is 1. The molecule has 0 aliphatic carbocycles. The molecule has 0 radical (unpaired) electrons. The number of aliphatic hydroxyl groups excluding tert-OH is 1. The van der Waals surface area contributed by atoms with Gasteiger partial charge in [0.15, 0.2) is 0 Å². The molecule has 0 saturated carbocycles. The number of aromatic nitrogens is 3. The van der Waals surface area contributed by atoms with Gasteiger partial charge in [0.2, 0.25) is 5.95 Å². The van der Waals surface area contributed by atoms with Crippen LogP contribution < -0.4 is 10.1 Å². The highest BCUT2D eigenvalue weighted by Crippen LogP contribution is 2.29.